The average molecular weight is 340 g/mol. The van der Waals surface area contributed by atoms with Crippen LogP contribution in [0.2, 0.25) is 5.02 Å². The number of benzene rings is 2. The number of hydrogen-bond donors (Lipinski definition) is 1. The maximum absolute atomic E-state index is 13.9. The lowest BCUT2D eigenvalue weighted by molar-refractivity contribution is -0.137. The van der Waals surface area contributed by atoms with Gasteiger partial charge in [0.25, 0.3) is 0 Å². The van der Waals surface area contributed by atoms with Gasteiger partial charge in [0.1, 0.15) is 11.6 Å². The van der Waals surface area contributed by atoms with Gasteiger partial charge in [-0.15, -0.1) is 0 Å². The van der Waals surface area contributed by atoms with E-state index in [1.165, 1.54) is 24.3 Å². The van der Waals surface area contributed by atoms with Crippen LogP contribution in [0.4, 0.5) is 8.78 Å². The van der Waals surface area contributed by atoms with Crippen LogP contribution in [0.3, 0.4) is 0 Å². The van der Waals surface area contributed by atoms with E-state index in [1.54, 1.807) is 23.1 Å². The fraction of sp³-hybridized carbons (Fsp3) is 0.235. The third-order valence-corrected chi connectivity index (χ3v) is 3.76. The van der Waals surface area contributed by atoms with Gasteiger partial charge in [0.15, 0.2) is 0 Å². The minimum Gasteiger partial charge on any atom is -0.481 e. The third-order valence-electron chi connectivity index (χ3n) is 3.40. The molecular formula is C17H16ClF2NO2. The normalized spacial score (nSPS) is 11.0. The predicted molar refractivity (Wildman–Crippen MR) is 84.2 cm³/mol. The van der Waals surface area contributed by atoms with Gasteiger partial charge in [0, 0.05) is 30.2 Å². The number of hydrogen-bond acceptors (Lipinski definition) is 2. The van der Waals surface area contributed by atoms with Gasteiger partial charge >= 0.3 is 5.97 Å². The number of halogens is 3. The van der Waals surface area contributed by atoms with Crippen molar-refractivity contribution >= 4 is 17.6 Å². The smallest absolute Gasteiger partial charge is 0.304 e. The molecule has 1 N–H and O–H groups in total. The molecule has 6 heteroatoms. The van der Waals surface area contributed by atoms with E-state index in [2.05, 4.69) is 0 Å². The molecule has 0 atom stereocenters. The summed E-state index contributed by atoms with van der Waals surface area (Å²) in [5.41, 5.74) is 1.13. The van der Waals surface area contributed by atoms with Crippen LogP contribution in [-0.4, -0.2) is 22.5 Å². The van der Waals surface area contributed by atoms with Gasteiger partial charge in [-0.3, -0.25) is 9.69 Å². The highest BCUT2D eigenvalue weighted by atomic mass is 35.5. The molecule has 0 aliphatic carbocycles. The van der Waals surface area contributed by atoms with Crippen LogP contribution in [0.15, 0.2) is 42.5 Å². The molecule has 3 nitrogen and oxygen atoms in total. The minimum absolute atomic E-state index is 0.0761. The Morgan fingerprint density at radius 1 is 1.09 bits per heavy atom. The van der Waals surface area contributed by atoms with Crippen molar-refractivity contribution in [3.05, 3.63) is 70.2 Å². The molecule has 0 aromatic heterocycles. The van der Waals surface area contributed by atoms with Crippen LogP contribution in [0.1, 0.15) is 17.5 Å². The van der Waals surface area contributed by atoms with Gasteiger partial charge < -0.3 is 5.11 Å². The zero-order valence-electron chi connectivity index (χ0n) is 12.3. The molecule has 122 valence electrons. The number of nitrogens with zero attached hydrogens (tertiary/aromatic N) is 1. The Balaban J connectivity index is 2.16. The Hall–Kier alpha value is -1.98. The molecule has 0 saturated carbocycles. The van der Waals surface area contributed by atoms with Gasteiger partial charge in [-0.1, -0.05) is 29.8 Å². The Morgan fingerprint density at radius 2 is 1.78 bits per heavy atom. The van der Waals surface area contributed by atoms with E-state index in [4.69, 9.17) is 16.7 Å². The van der Waals surface area contributed by atoms with E-state index in [9.17, 15) is 13.6 Å². The standard InChI is InChI=1S/C17H16ClF2NO2/c18-15-2-1-3-16(20)14(15)11-21(9-8-17(22)23)10-12-4-6-13(19)7-5-12/h1-7H,8-11H2,(H,22,23). The van der Waals surface area contributed by atoms with E-state index < -0.39 is 11.8 Å². The Bertz CT molecular complexity index is 657. The van der Waals surface area contributed by atoms with E-state index in [1.807, 2.05) is 0 Å². The zero-order chi connectivity index (χ0) is 16.8. The van der Waals surface area contributed by atoms with Crippen LogP contribution in [0.25, 0.3) is 0 Å². The molecule has 0 bridgehead atoms. The highest BCUT2D eigenvalue weighted by Gasteiger charge is 2.14. The summed E-state index contributed by atoms with van der Waals surface area (Å²) < 4.78 is 26.9. The summed E-state index contributed by atoms with van der Waals surface area (Å²) in [4.78, 5) is 12.6. The largest absolute Gasteiger partial charge is 0.481 e. The highest BCUT2D eigenvalue weighted by molar-refractivity contribution is 6.31. The summed E-state index contributed by atoms with van der Waals surface area (Å²) in [5, 5.41) is 9.16. The number of rotatable bonds is 7. The lowest BCUT2D eigenvalue weighted by atomic mass is 10.1. The van der Waals surface area contributed by atoms with Gasteiger partial charge in [-0.05, 0) is 29.8 Å². The first-order chi connectivity index (χ1) is 11.0. The zero-order valence-corrected chi connectivity index (χ0v) is 13.1. The Labute approximate surface area is 138 Å². The van der Waals surface area contributed by atoms with Crippen LogP contribution >= 0.6 is 11.6 Å². The fourth-order valence-electron chi connectivity index (χ4n) is 2.22. The van der Waals surface area contributed by atoms with Crippen LogP contribution in [0, 0.1) is 11.6 Å². The quantitative estimate of drug-likeness (QED) is 0.825. The highest BCUT2D eigenvalue weighted by Crippen LogP contribution is 2.22. The second-order valence-electron chi connectivity index (χ2n) is 5.18. The molecule has 0 spiro atoms. The van der Waals surface area contributed by atoms with E-state index in [-0.39, 0.29) is 25.3 Å². The lowest BCUT2D eigenvalue weighted by Gasteiger charge is -2.22. The van der Waals surface area contributed by atoms with E-state index in [0.29, 0.717) is 17.1 Å². The van der Waals surface area contributed by atoms with Gasteiger partial charge in [-0.25, -0.2) is 8.78 Å². The summed E-state index contributed by atoms with van der Waals surface area (Å²) in [5.74, 6) is -1.71. The predicted octanol–water partition coefficient (Wildman–Crippen LogP) is 4.10. The van der Waals surface area contributed by atoms with Crippen molar-refractivity contribution in [1.82, 2.24) is 4.90 Å². The van der Waals surface area contributed by atoms with Crippen molar-refractivity contribution in [2.75, 3.05) is 6.54 Å². The second-order valence-corrected chi connectivity index (χ2v) is 5.59. The molecule has 0 aliphatic rings. The van der Waals surface area contributed by atoms with Crippen molar-refractivity contribution in [2.45, 2.75) is 19.5 Å². The van der Waals surface area contributed by atoms with Crippen molar-refractivity contribution < 1.29 is 18.7 Å². The Morgan fingerprint density at radius 3 is 2.39 bits per heavy atom. The van der Waals surface area contributed by atoms with E-state index in [0.717, 1.165) is 5.56 Å². The fourth-order valence-corrected chi connectivity index (χ4v) is 2.45. The van der Waals surface area contributed by atoms with Crippen molar-refractivity contribution in [1.29, 1.82) is 0 Å². The van der Waals surface area contributed by atoms with Crippen molar-refractivity contribution in [3.63, 3.8) is 0 Å². The topological polar surface area (TPSA) is 40.5 Å². The molecule has 0 aliphatic heterocycles. The van der Waals surface area contributed by atoms with Gasteiger partial charge in [-0.2, -0.15) is 0 Å². The van der Waals surface area contributed by atoms with Crippen LogP contribution in [-0.2, 0) is 17.9 Å². The number of carboxylic acid groups (broad SMARTS) is 1. The maximum atomic E-state index is 13.9. The summed E-state index contributed by atoms with van der Waals surface area (Å²) in [6.07, 6.45) is -0.0761. The van der Waals surface area contributed by atoms with Gasteiger partial charge in [0.05, 0.1) is 6.42 Å². The summed E-state index contributed by atoms with van der Waals surface area (Å²) in [6, 6.07) is 10.3. The van der Waals surface area contributed by atoms with Crippen molar-refractivity contribution in [3.8, 4) is 0 Å². The molecule has 2 rings (SSSR count). The molecule has 2 aromatic carbocycles. The average Bonchev–Trinajstić information content (AvgIpc) is 2.50. The molecule has 0 fully saturated rings. The molecule has 0 radical (unpaired) electrons. The molecule has 2 aromatic rings. The molecule has 0 heterocycles. The number of aliphatic carboxylic acids is 1. The summed E-state index contributed by atoms with van der Waals surface area (Å²) >= 11 is 6.03. The van der Waals surface area contributed by atoms with Gasteiger partial charge in [0.2, 0.25) is 0 Å². The van der Waals surface area contributed by atoms with Crippen LogP contribution < -0.4 is 0 Å². The summed E-state index contributed by atoms with van der Waals surface area (Å²) in [6.45, 7) is 0.783. The first-order valence-corrected chi connectivity index (χ1v) is 7.45. The second kappa shape index (κ2) is 8.04. The number of carboxylic acids is 1. The Kier molecular flexibility index (Phi) is 6.07. The minimum atomic E-state index is -0.936. The first-order valence-electron chi connectivity index (χ1n) is 7.07. The first kappa shape index (κ1) is 17.4. The molecule has 23 heavy (non-hydrogen) atoms. The lowest BCUT2D eigenvalue weighted by Crippen LogP contribution is -2.26. The molecule has 0 amide bonds. The number of carbonyl (C=O) groups is 1. The van der Waals surface area contributed by atoms with Crippen LogP contribution in [0.5, 0.6) is 0 Å². The maximum Gasteiger partial charge on any atom is 0.304 e. The molecule has 0 unspecified atom stereocenters. The SMILES string of the molecule is O=C(O)CCN(Cc1ccc(F)cc1)Cc1c(F)cccc1Cl. The molecule has 0 saturated heterocycles. The summed E-state index contributed by atoms with van der Waals surface area (Å²) in [7, 11) is 0. The third kappa shape index (κ3) is 5.30. The van der Waals surface area contributed by atoms with E-state index >= 15 is 0 Å². The van der Waals surface area contributed by atoms with Crippen molar-refractivity contribution in [2.24, 2.45) is 0 Å². The molecular weight excluding hydrogens is 324 g/mol. The monoisotopic (exact) mass is 339 g/mol.